The van der Waals surface area contributed by atoms with Gasteiger partial charge in [-0.05, 0) is 32.9 Å². The van der Waals surface area contributed by atoms with Crippen molar-refractivity contribution in [2.45, 2.75) is 50.7 Å². The summed E-state index contributed by atoms with van der Waals surface area (Å²) in [4.78, 5) is 2.36. The van der Waals surface area contributed by atoms with E-state index in [0.717, 1.165) is 13.0 Å². The third-order valence-electron chi connectivity index (χ3n) is 3.83. The fourth-order valence-corrected chi connectivity index (χ4v) is 3.27. The third kappa shape index (κ3) is 5.10. The van der Waals surface area contributed by atoms with Gasteiger partial charge in [-0.15, -0.1) is 10.2 Å². The number of alkyl halides is 3. The number of anilines is 1. The van der Waals surface area contributed by atoms with Crippen molar-refractivity contribution in [3.05, 3.63) is 5.01 Å². The molecule has 0 radical (unpaired) electrons. The SMILES string of the molecule is CN(CCCNc1nnc(C(F)(F)F)s1)C1CCCCC1. The summed E-state index contributed by atoms with van der Waals surface area (Å²) in [6.07, 6.45) is 2.94. The number of halogens is 3. The first-order chi connectivity index (χ1) is 9.97. The molecule has 1 aliphatic rings. The minimum Gasteiger partial charge on any atom is -0.360 e. The number of hydrogen-bond donors (Lipinski definition) is 1. The molecule has 0 bridgehead atoms. The zero-order chi connectivity index (χ0) is 15.3. The van der Waals surface area contributed by atoms with Crippen LogP contribution in [-0.4, -0.2) is 41.3 Å². The van der Waals surface area contributed by atoms with Gasteiger partial charge in [0.15, 0.2) is 0 Å². The largest absolute Gasteiger partial charge is 0.445 e. The van der Waals surface area contributed by atoms with Crippen molar-refractivity contribution < 1.29 is 13.2 Å². The van der Waals surface area contributed by atoms with E-state index in [4.69, 9.17) is 0 Å². The zero-order valence-electron chi connectivity index (χ0n) is 12.1. The summed E-state index contributed by atoms with van der Waals surface area (Å²) in [5.74, 6) is 0. The summed E-state index contributed by atoms with van der Waals surface area (Å²) in [6, 6.07) is 0.664. The molecule has 120 valence electrons. The van der Waals surface area contributed by atoms with Gasteiger partial charge in [0.05, 0.1) is 0 Å². The van der Waals surface area contributed by atoms with Gasteiger partial charge in [-0.2, -0.15) is 13.2 Å². The molecule has 0 saturated heterocycles. The van der Waals surface area contributed by atoms with Crippen LogP contribution in [0.3, 0.4) is 0 Å². The highest BCUT2D eigenvalue weighted by molar-refractivity contribution is 7.15. The van der Waals surface area contributed by atoms with E-state index < -0.39 is 11.2 Å². The van der Waals surface area contributed by atoms with E-state index in [1.54, 1.807) is 0 Å². The van der Waals surface area contributed by atoms with Crippen molar-refractivity contribution in [1.82, 2.24) is 15.1 Å². The van der Waals surface area contributed by atoms with E-state index in [9.17, 15) is 13.2 Å². The molecule has 0 unspecified atom stereocenters. The minimum absolute atomic E-state index is 0.239. The lowest BCUT2D eigenvalue weighted by Crippen LogP contribution is -2.34. The molecule has 21 heavy (non-hydrogen) atoms. The Hall–Kier alpha value is -0.890. The number of hydrogen-bond acceptors (Lipinski definition) is 5. The fraction of sp³-hybridized carbons (Fsp3) is 0.846. The summed E-state index contributed by atoms with van der Waals surface area (Å²) in [5.41, 5.74) is 0. The van der Waals surface area contributed by atoms with Crippen LogP contribution in [0.2, 0.25) is 0 Å². The molecule has 0 spiro atoms. The van der Waals surface area contributed by atoms with Gasteiger partial charge >= 0.3 is 6.18 Å². The van der Waals surface area contributed by atoms with E-state index in [2.05, 4.69) is 27.5 Å². The molecule has 8 heteroatoms. The van der Waals surface area contributed by atoms with Crippen molar-refractivity contribution in [2.75, 3.05) is 25.5 Å². The maximum absolute atomic E-state index is 12.4. The molecule has 0 aromatic carbocycles. The summed E-state index contributed by atoms with van der Waals surface area (Å²) in [7, 11) is 2.13. The Morgan fingerprint density at radius 1 is 1.24 bits per heavy atom. The highest BCUT2D eigenvalue weighted by Crippen LogP contribution is 2.32. The van der Waals surface area contributed by atoms with Gasteiger partial charge in [0, 0.05) is 12.6 Å². The van der Waals surface area contributed by atoms with Crippen LogP contribution in [0.15, 0.2) is 0 Å². The predicted molar refractivity (Wildman–Crippen MR) is 77.5 cm³/mol. The maximum atomic E-state index is 12.4. The van der Waals surface area contributed by atoms with Crippen molar-refractivity contribution >= 4 is 16.5 Å². The van der Waals surface area contributed by atoms with E-state index in [0.29, 0.717) is 23.9 Å². The molecule has 1 saturated carbocycles. The van der Waals surface area contributed by atoms with Gasteiger partial charge in [-0.1, -0.05) is 30.6 Å². The lowest BCUT2D eigenvalue weighted by atomic mass is 9.94. The Morgan fingerprint density at radius 2 is 1.95 bits per heavy atom. The number of nitrogens with zero attached hydrogens (tertiary/aromatic N) is 3. The second-order valence-electron chi connectivity index (χ2n) is 5.46. The topological polar surface area (TPSA) is 41.0 Å². The second kappa shape index (κ2) is 7.40. The first-order valence-corrected chi connectivity index (χ1v) is 8.13. The number of rotatable bonds is 6. The van der Waals surface area contributed by atoms with Crippen LogP contribution >= 0.6 is 11.3 Å². The average molecular weight is 322 g/mol. The summed E-state index contributed by atoms with van der Waals surface area (Å²) >= 11 is 0.555. The van der Waals surface area contributed by atoms with Crippen LogP contribution in [-0.2, 0) is 6.18 Å². The van der Waals surface area contributed by atoms with Gasteiger partial charge in [0.25, 0.3) is 0 Å². The molecule has 1 aromatic rings. The minimum atomic E-state index is -4.40. The summed E-state index contributed by atoms with van der Waals surface area (Å²) in [5, 5.41) is 8.91. The van der Waals surface area contributed by atoms with Crippen LogP contribution in [0.5, 0.6) is 0 Å². The van der Waals surface area contributed by atoms with Gasteiger partial charge in [-0.3, -0.25) is 0 Å². The summed E-state index contributed by atoms with van der Waals surface area (Å²) < 4.78 is 37.1. The zero-order valence-corrected chi connectivity index (χ0v) is 12.9. The van der Waals surface area contributed by atoms with Crippen LogP contribution in [0, 0.1) is 0 Å². The van der Waals surface area contributed by atoms with Gasteiger partial charge in [0.2, 0.25) is 10.1 Å². The standard InChI is InChI=1S/C13H21F3N4S/c1-20(10-6-3-2-4-7-10)9-5-8-17-12-19-18-11(21-12)13(14,15)16/h10H,2-9H2,1H3,(H,17,19). The first kappa shape index (κ1) is 16.5. The van der Waals surface area contributed by atoms with Crippen LogP contribution in [0.25, 0.3) is 0 Å². The molecule has 1 N–H and O–H groups in total. The quantitative estimate of drug-likeness (QED) is 0.812. The molecule has 2 rings (SSSR count). The Kier molecular flexibility index (Phi) is 5.80. The number of aromatic nitrogens is 2. The maximum Gasteiger partial charge on any atom is 0.445 e. The molecule has 1 fully saturated rings. The Morgan fingerprint density at radius 3 is 2.57 bits per heavy atom. The predicted octanol–water partition coefficient (Wildman–Crippen LogP) is 3.62. The smallest absolute Gasteiger partial charge is 0.360 e. The van der Waals surface area contributed by atoms with Crippen LogP contribution in [0.4, 0.5) is 18.3 Å². The van der Waals surface area contributed by atoms with Crippen molar-refractivity contribution in [1.29, 1.82) is 0 Å². The molecule has 1 aliphatic carbocycles. The fourth-order valence-electron chi connectivity index (χ4n) is 2.64. The van der Waals surface area contributed by atoms with E-state index in [1.807, 2.05) is 0 Å². The molecule has 1 aromatic heterocycles. The number of nitrogens with one attached hydrogen (secondary N) is 1. The van der Waals surface area contributed by atoms with E-state index in [-0.39, 0.29) is 5.13 Å². The van der Waals surface area contributed by atoms with Gasteiger partial charge < -0.3 is 10.2 Å². The molecular formula is C13H21F3N4S. The van der Waals surface area contributed by atoms with Crippen molar-refractivity contribution in [3.63, 3.8) is 0 Å². The Labute approximate surface area is 126 Å². The van der Waals surface area contributed by atoms with Gasteiger partial charge in [-0.25, -0.2) is 0 Å². The molecule has 0 aliphatic heterocycles. The summed E-state index contributed by atoms with van der Waals surface area (Å²) in [6.45, 7) is 1.56. The van der Waals surface area contributed by atoms with E-state index >= 15 is 0 Å². The molecule has 1 heterocycles. The lowest BCUT2D eigenvalue weighted by molar-refractivity contribution is -0.138. The average Bonchev–Trinajstić information content (AvgIpc) is 2.93. The third-order valence-corrected chi connectivity index (χ3v) is 4.76. The second-order valence-corrected chi connectivity index (χ2v) is 6.44. The monoisotopic (exact) mass is 322 g/mol. The highest BCUT2D eigenvalue weighted by atomic mass is 32.1. The molecule has 0 atom stereocenters. The molecular weight excluding hydrogens is 301 g/mol. The first-order valence-electron chi connectivity index (χ1n) is 7.31. The molecule has 0 amide bonds. The Bertz CT molecular complexity index is 429. The van der Waals surface area contributed by atoms with Crippen LogP contribution < -0.4 is 5.32 Å². The van der Waals surface area contributed by atoms with Crippen LogP contribution in [0.1, 0.15) is 43.5 Å². The van der Waals surface area contributed by atoms with E-state index in [1.165, 1.54) is 32.1 Å². The van der Waals surface area contributed by atoms with Crippen molar-refractivity contribution in [3.8, 4) is 0 Å². The molecule has 4 nitrogen and oxygen atoms in total. The normalized spacial score (nSPS) is 17.4. The lowest BCUT2D eigenvalue weighted by Gasteiger charge is -2.31. The highest BCUT2D eigenvalue weighted by Gasteiger charge is 2.35. The van der Waals surface area contributed by atoms with Crippen molar-refractivity contribution in [2.24, 2.45) is 0 Å². The van der Waals surface area contributed by atoms with Gasteiger partial charge in [0.1, 0.15) is 0 Å². The Balaban J connectivity index is 1.66.